The molecule has 2 heterocycles. The Morgan fingerprint density at radius 3 is 2.72 bits per heavy atom. The maximum atomic E-state index is 5.10. The summed E-state index contributed by atoms with van der Waals surface area (Å²) in [4.78, 5) is 13.2. The van der Waals surface area contributed by atoms with Gasteiger partial charge in [-0.3, -0.25) is 4.98 Å². The second kappa shape index (κ2) is 5.55. The zero-order chi connectivity index (χ0) is 13.0. The molecule has 0 aliphatic carbocycles. The summed E-state index contributed by atoms with van der Waals surface area (Å²) in [6, 6.07) is 5.77. The first-order chi connectivity index (χ1) is 8.72. The molecular weight excluding hydrogens is 228 g/mol. The number of ether oxygens (including phenoxy) is 1. The molecular formula is C13H16N4O. The van der Waals surface area contributed by atoms with E-state index in [4.69, 9.17) is 4.74 Å². The normalized spacial score (nSPS) is 10.4. The summed E-state index contributed by atoms with van der Waals surface area (Å²) in [6.45, 7) is 2.45. The van der Waals surface area contributed by atoms with Crippen LogP contribution in [0, 0.1) is 6.92 Å². The van der Waals surface area contributed by atoms with Crippen LogP contribution in [0.5, 0.6) is 0 Å². The van der Waals surface area contributed by atoms with Crippen LogP contribution >= 0.6 is 0 Å². The van der Waals surface area contributed by atoms with Gasteiger partial charge >= 0.3 is 0 Å². The molecule has 0 aromatic carbocycles. The third kappa shape index (κ3) is 2.81. The molecule has 0 amide bonds. The van der Waals surface area contributed by atoms with Gasteiger partial charge in [0.25, 0.3) is 0 Å². The number of rotatable bonds is 4. The number of hydrogen-bond donors (Lipinski definition) is 1. The fourth-order valence-electron chi connectivity index (χ4n) is 1.56. The minimum atomic E-state index is 0.454. The Kier molecular flexibility index (Phi) is 3.84. The van der Waals surface area contributed by atoms with E-state index in [1.54, 1.807) is 13.3 Å². The van der Waals surface area contributed by atoms with Crippen molar-refractivity contribution in [2.75, 3.05) is 19.5 Å². The molecule has 1 N–H and O–H groups in total. The average molecular weight is 244 g/mol. The minimum Gasteiger partial charge on any atom is -0.378 e. The van der Waals surface area contributed by atoms with Gasteiger partial charge in [-0.25, -0.2) is 9.97 Å². The number of nitrogens with zero attached hydrogens (tertiary/aromatic N) is 3. The quantitative estimate of drug-likeness (QED) is 0.891. The van der Waals surface area contributed by atoms with E-state index in [9.17, 15) is 0 Å². The molecule has 0 bridgehead atoms. The molecule has 2 aromatic heterocycles. The lowest BCUT2D eigenvalue weighted by Crippen LogP contribution is -2.02. The van der Waals surface area contributed by atoms with Gasteiger partial charge in [-0.15, -0.1) is 0 Å². The summed E-state index contributed by atoms with van der Waals surface area (Å²) >= 11 is 0. The van der Waals surface area contributed by atoms with Crippen LogP contribution < -0.4 is 5.32 Å². The van der Waals surface area contributed by atoms with Crippen LogP contribution in [0.25, 0.3) is 11.5 Å². The van der Waals surface area contributed by atoms with Gasteiger partial charge in [0.1, 0.15) is 11.5 Å². The lowest BCUT2D eigenvalue weighted by atomic mass is 10.2. The summed E-state index contributed by atoms with van der Waals surface area (Å²) in [5.41, 5.74) is 2.70. The van der Waals surface area contributed by atoms with E-state index in [1.165, 1.54) is 0 Å². The van der Waals surface area contributed by atoms with Crippen molar-refractivity contribution in [3.8, 4) is 11.5 Å². The molecule has 0 radical (unpaired) electrons. The molecule has 0 saturated carbocycles. The fraction of sp³-hybridized carbons (Fsp3) is 0.308. The highest BCUT2D eigenvalue weighted by Gasteiger charge is 2.07. The molecule has 18 heavy (non-hydrogen) atoms. The largest absolute Gasteiger partial charge is 0.378 e. The van der Waals surface area contributed by atoms with Gasteiger partial charge < -0.3 is 10.1 Å². The van der Waals surface area contributed by atoms with E-state index in [2.05, 4.69) is 20.3 Å². The number of nitrogens with one attached hydrogen (secondary N) is 1. The molecule has 0 aliphatic heterocycles. The SMILES string of the molecule is CNc1cc(COC)nc(-c2ccc(C)cn2)n1. The van der Waals surface area contributed by atoms with Crippen LogP contribution in [-0.4, -0.2) is 29.1 Å². The van der Waals surface area contributed by atoms with Crippen molar-refractivity contribution < 1.29 is 4.74 Å². The number of aryl methyl sites for hydroxylation is 1. The number of pyridine rings is 1. The molecule has 0 fully saturated rings. The summed E-state index contributed by atoms with van der Waals surface area (Å²) in [6.07, 6.45) is 1.81. The van der Waals surface area contributed by atoms with Crippen LogP contribution in [0.15, 0.2) is 24.4 Å². The second-order valence-corrected chi connectivity index (χ2v) is 3.97. The maximum Gasteiger partial charge on any atom is 0.180 e. The van der Waals surface area contributed by atoms with Gasteiger partial charge in [0.2, 0.25) is 0 Å². The summed E-state index contributed by atoms with van der Waals surface area (Å²) < 4.78 is 5.10. The summed E-state index contributed by atoms with van der Waals surface area (Å²) in [7, 11) is 3.47. The molecule has 0 saturated heterocycles. The van der Waals surface area contributed by atoms with Gasteiger partial charge in [0.15, 0.2) is 5.82 Å². The van der Waals surface area contributed by atoms with E-state index in [1.807, 2.05) is 32.2 Å². The number of hydrogen-bond acceptors (Lipinski definition) is 5. The zero-order valence-corrected chi connectivity index (χ0v) is 10.8. The van der Waals surface area contributed by atoms with E-state index in [-0.39, 0.29) is 0 Å². The predicted molar refractivity (Wildman–Crippen MR) is 70.3 cm³/mol. The molecule has 0 atom stereocenters. The van der Waals surface area contributed by atoms with Gasteiger partial charge in [-0.1, -0.05) is 6.07 Å². The minimum absolute atomic E-state index is 0.454. The Hall–Kier alpha value is -2.01. The van der Waals surface area contributed by atoms with Gasteiger partial charge in [-0.05, 0) is 18.6 Å². The predicted octanol–water partition coefficient (Wildman–Crippen LogP) is 2.04. The highest BCUT2D eigenvalue weighted by molar-refractivity contribution is 5.53. The van der Waals surface area contributed by atoms with Crippen molar-refractivity contribution in [3.63, 3.8) is 0 Å². The van der Waals surface area contributed by atoms with Crippen molar-refractivity contribution >= 4 is 5.82 Å². The highest BCUT2D eigenvalue weighted by atomic mass is 16.5. The van der Waals surface area contributed by atoms with Gasteiger partial charge in [0.05, 0.1) is 12.3 Å². The number of anilines is 1. The molecule has 0 unspecified atom stereocenters. The number of methoxy groups -OCH3 is 1. The Bertz CT molecular complexity index is 525. The summed E-state index contributed by atoms with van der Waals surface area (Å²) in [5, 5.41) is 3.01. The first kappa shape index (κ1) is 12.4. The average Bonchev–Trinajstić information content (AvgIpc) is 2.39. The van der Waals surface area contributed by atoms with Crippen molar-refractivity contribution in [1.29, 1.82) is 0 Å². The van der Waals surface area contributed by atoms with Crippen molar-refractivity contribution in [2.24, 2.45) is 0 Å². The van der Waals surface area contributed by atoms with E-state index < -0.39 is 0 Å². The lowest BCUT2D eigenvalue weighted by molar-refractivity contribution is 0.181. The standard InChI is InChI=1S/C13H16N4O/c1-9-4-5-11(15-7-9)13-16-10(8-18-3)6-12(14-2)17-13/h4-7H,8H2,1-3H3,(H,14,16,17). The monoisotopic (exact) mass is 244 g/mol. The Morgan fingerprint density at radius 2 is 2.11 bits per heavy atom. The molecule has 0 spiro atoms. The van der Waals surface area contributed by atoms with Crippen molar-refractivity contribution in [3.05, 3.63) is 35.7 Å². The molecule has 5 nitrogen and oxygen atoms in total. The molecule has 2 aromatic rings. The molecule has 0 aliphatic rings. The third-order valence-electron chi connectivity index (χ3n) is 2.47. The Balaban J connectivity index is 2.42. The topological polar surface area (TPSA) is 59.9 Å². The van der Waals surface area contributed by atoms with E-state index in [0.717, 1.165) is 22.8 Å². The fourth-order valence-corrected chi connectivity index (χ4v) is 1.56. The zero-order valence-electron chi connectivity index (χ0n) is 10.8. The van der Waals surface area contributed by atoms with Gasteiger partial charge in [-0.2, -0.15) is 0 Å². The van der Waals surface area contributed by atoms with Crippen LogP contribution in [0.3, 0.4) is 0 Å². The van der Waals surface area contributed by atoms with E-state index in [0.29, 0.717) is 12.4 Å². The molecule has 5 heteroatoms. The number of aromatic nitrogens is 3. The Labute approximate surface area is 106 Å². The highest BCUT2D eigenvalue weighted by Crippen LogP contribution is 2.16. The Morgan fingerprint density at radius 1 is 1.28 bits per heavy atom. The maximum absolute atomic E-state index is 5.10. The van der Waals surface area contributed by atoms with Crippen molar-refractivity contribution in [1.82, 2.24) is 15.0 Å². The van der Waals surface area contributed by atoms with Crippen LogP contribution in [0.2, 0.25) is 0 Å². The lowest BCUT2D eigenvalue weighted by Gasteiger charge is -2.07. The van der Waals surface area contributed by atoms with E-state index >= 15 is 0 Å². The molecule has 94 valence electrons. The van der Waals surface area contributed by atoms with Crippen LogP contribution in [-0.2, 0) is 11.3 Å². The first-order valence-electron chi connectivity index (χ1n) is 5.70. The third-order valence-corrected chi connectivity index (χ3v) is 2.47. The second-order valence-electron chi connectivity index (χ2n) is 3.97. The van der Waals surface area contributed by atoms with Crippen molar-refractivity contribution in [2.45, 2.75) is 13.5 Å². The molecule has 2 rings (SSSR count). The van der Waals surface area contributed by atoms with Crippen LogP contribution in [0.1, 0.15) is 11.3 Å². The van der Waals surface area contributed by atoms with Crippen LogP contribution in [0.4, 0.5) is 5.82 Å². The smallest absolute Gasteiger partial charge is 0.180 e. The van der Waals surface area contributed by atoms with Gasteiger partial charge in [0, 0.05) is 26.4 Å². The summed E-state index contributed by atoms with van der Waals surface area (Å²) in [5.74, 6) is 1.36. The first-order valence-corrected chi connectivity index (χ1v) is 5.70.